The molecule has 7 heteroatoms. The minimum Gasteiger partial charge on any atom is -0.461 e. The van der Waals surface area contributed by atoms with Gasteiger partial charge in [-0.15, -0.1) is 11.3 Å². The van der Waals surface area contributed by atoms with Crippen LogP contribution in [0.5, 0.6) is 0 Å². The summed E-state index contributed by atoms with van der Waals surface area (Å²) in [6.07, 6.45) is 1.57. The Hall–Kier alpha value is -1.79. The summed E-state index contributed by atoms with van der Waals surface area (Å²) in [6.45, 7) is 3.28. The number of carbonyl (C=O) groups is 2. The number of halogens is 1. The lowest BCUT2D eigenvalue weighted by atomic mass is 10.3. The molecule has 20 heavy (non-hydrogen) atoms. The lowest BCUT2D eigenvalue weighted by Gasteiger charge is -1.99. The van der Waals surface area contributed by atoms with Crippen molar-refractivity contribution in [2.45, 2.75) is 13.8 Å². The predicted octanol–water partition coefficient (Wildman–Crippen LogP) is 3.24. The number of esters is 1. The second kappa shape index (κ2) is 6.11. The Morgan fingerprint density at radius 3 is 2.80 bits per heavy atom. The summed E-state index contributed by atoms with van der Waals surface area (Å²) in [5, 5.41) is 0.829. The molecule has 2 aromatic rings. The van der Waals surface area contributed by atoms with Gasteiger partial charge in [0.2, 0.25) is 0 Å². The van der Waals surface area contributed by atoms with Crippen molar-refractivity contribution in [2.24, 2.45) is 0 Å². The Labute approximate surface area is 124 Å². The number of ketones is 1. The van der Waals surface area contributed by atoms with Crippen LogP contribution in [0.2, 0.25) is 5.02 Å². The van der Waals surface area contributed by atoms with Crippen molar-refractivity contribution in [3.05, 3.63) is 33.9 Å². The third-order valence-electron chi connectivity index (χ3n) is 2.38. The molecule has 0 unspecified atom stereocenters. The zero-order chi connectivity index (χ0) is 14.7. The van der Waals surface area contributed by atoms with Crippen molar-refractivity contribution in [1.82, 2.24) is 9.97 Å². The van der Waals surface area contributed by atoms with E-state index in [-0.39, 0.29) is 23.0 Å². The van der Waals surface area contributed by atoms with Crippen LogP contribution < -0.4 is 0 Å². The van der Waals surface area contributed by atoms with Crippen molar-refractivity contribution >= 4 is 34.7 Å². The van der Waals surface area contributed by atoms with E-state index in [0.717, 1.165) is 11.3 Å². The van der Waals surface area contributed by atoms with Crippen LogP contribution in [-0.2, 0) is 4.74 Å². The first kappa shape index (κ1) is 14.6. The maximum atomic E-state index is 11.8. The zero-order valence-corrected chi connectivity index (χ0v) is 12.4. The van der Waals surface area contributed by atoms with Gasteiger partial charge in [-0.25, -0.2) is 9.78 Å². The second-order valence-electron chi connectivity index (χ2n) is 3.81. The van der Waals surface area contributed by atoms with Crippen LogP contribution in [0.3, 0.4) is 0 Å². The van der Waals surface area contributed by atoms with E-state index < -0.39 is 5.97 Å². The fourth-order valence-electron chi connectivity index (χ4n) is 1.54. The normalized spacial score (nSPS) is 10.3. The largest absolute Gasteiger partial charge is 0.461 e. The minimum atomic E-state index is -0.618. The Bertz CT molecular complexity index is 669. The van der Waals surface area contributed by atoms with Crippen LogP contribution in [0.1, 0.15) is 34.0 Å². The third kappa shape index (κ3) is 2.86. The molecule has 0 bridgehead atoms. The molecule has 0 saturated heterocycles. The quantitative estimate of drug-likeness (QED) is 0.640. The van der Waals surface area contributed by atoms with Gasteiger partial charge >= 0.3 is 5.97 Å². The fraction of sp³-hybridized carbons (Fsp3) is 0.231. The molecule has 0 amide bonds. The highest BCUT2D eigenvalue weighted by molar-refractivity contribution is 7.17. The molecule has 0 saturated carbocycles. The molecule has 0 atom stereocenters. The summed E-state index contributed by atoms with van der Waals surface area (Å²) < 4.78 is 4.90. The lowest BCUT2D eigenvalue weighted by molar-refractivity contribution is 0.0517. The van der Waals surface area contributed by atoms with Gasteiger partial charge in [-0.3, -0.25) is 9.78 Å². The van der Waals surface area contributed by atoms with E-state index in [4.69, 9.17) is 16.3 Å². The first-order valence-corrected chi connectivity index (χ1v) is 7.03. The molecule has 0 fully saturated rings. The van der Waals surface area contributed by atoms with Gasteiger partial charge in [0.1, 0.15) is 15.6 Å². The Balaban J connectivity index is 2.53. The molecular formula is C13H11ClN2O3S. The van der Waals surface area contributed by atoms with Gasteiger partial charge in [-0.05, 0) is 19.1 Å². The summed E-state index contributed by atoms with van der Waals surface area (Å²) in [4.78, 5) is 32.0. The first-order valence-electron chi connectivity index (χ1n) is 5.84. The number of nitrogens with zero attached hydrogens (tertiary/aromatic N) is 2. The van der Waals surface area contributed by atoms with Crippen LogP contribution in [0.4, 0.5) is 0 Å². The zero-order valence-electron chi connectivity index (χ0n) is 10.8. The highest BCUT2D eigenvalue weighted by Crippen LogP contribution is 2.31. The first-order chi connectivity index (χ1) is 9.54. The predicted molar refractivity (Wildman–Crippen MR) is 76.3 cm³/mol. The van der Waals surface area contributed by atoms with Gasteiger partial charge in [0, 0.05) is 13.1 Å². The number of carbonyl (C=O) groups excluding carboxylic acids is 2. The smallest absolute Gasteiger partial charge is 0.358 e. The molecule has 0 spiro atoms. The molecule has 2 rings (SSSR count). The number of hydrogen-bond donors (Lipinski definition) is 0. The van der Waals surface area contributed by atoms with Crippen LogP contribution in [-0.4, -0.2) is 28.3 Å². The highest BCUT2D eigenvalue weighted by atomic mass is 35.5. The van der Waals surface area contributed by atoms with E-state index in [1.165, 1.54) is 6.92 Å². The monoisotopic (exact) mass is 310 g/mol. The number of rotatable bonds is 4. The highest BCUT2D eigenvalue weighted by Gasteiger charge is 2.23. The van der Waals surface area contributed by atoms with Crippen LogP contribution >= 0.6 is 22.9 Å². The summed E-state index contributed by atoms with van der Waals surface area (Å²) in [5.74, 6) is -0.865. The molecule has 0 aromatic carbocycles. The average molecular weight is 311 g/mol. The maximum Gasteiger partial charge on any atom is 0.358 e. The van der Waals surface area contributed by atoms with E-state index in [9.17, 15) is 9.59 Å². The molecule has 0 N–H and O–H groups in total. The second-order valence-corrected chi connectivity index (χ2v) is 5.21. The molecule has 2 aromatic heterocycles. The minimum absolute atomic E-state index is 0.0149. The number of aromatic nitrogens is 2. The Morgan fingerprint density at radius 2 is 2.20 bits per heavy atom. The standard InChI is InChI=1S/C13H11ClN2O3S/c1-3-19-13(18)10-11(7(2)17)20-12(16-10)9-8(14)5-4-6-15-9/h4-6H,3H2,1-2H3. The van der Waals surface area contributed by atoms with E-state index >= 15 is 0 Å². The Kier molecular flexibility index (Phi) is 4.46. The summed E-state index contributed by atoms with van der Waals surface area (Å²) in [5.41, 5.74) is 0.457. The van der Waals surface area contributed by atoms with Gasteiger partial charge in [0.25, 0.3) is 0 Å². The number of hydrogen-bond acceptors (Lipinski definition) is 6. The van der Waals surface area contributed by atoms with Gasteiger partial charge in [-0.2, -0.15) is 0 Å². The SMILES string of the molecule is CCOC(=O)c1nc(-c2ncccc2Cl)sc1C(C)=O. The van der Waals surface area contributed by atoms with E-state index in [2.05, 4.69) is 9.97 Å². The molecule has 0 aliphatic rings. The van der Waals surface area contributed by atoms with E-state index in [1.807, 2.05) is 0 Å². The van der Waals surface area contributed by atoms with Gasteiger partial charge in [-0.1, -0.05) is 11.6 Å². The van der Waals surface area contributed by atoms with E-state index in [1.54, 1.807) is 25.3 Å². The number of ether oxygens (including phenoxy) is 1. The summed E-state index contributed by atoms with van der Waals surface area (Å²) in [7, 11) is 0. The lowest BCUT2D eigenvalue weighted by Crippen LogP contribution is -2.09. The maximum absolute atomic E-state index is 11.8. The average Bonchev–Trinajstić information content (AvgIpc) is 2.84. The third-order valence-corrected chi connectivity index (χ3v) is 3.84. The van der Waals surface area contributed by atoms with Crippen molar-refractivity contribution in [2.75, 3.05) is 6.61 Å². The van der Waals surface area contributed by atoms with Gasteiger partial charge in [0.05, 0.1) is 11.6 Å². The number of Topliss-reactive ketones (excluding diaryl/α,β-unsaturated/α-hetero) is 1. The van der Waals surface area contributed by atoms with E-state index in [0.29, 0.717) is 15.7 Å². The van der Waals surface area contributed by atoms with Crippen molar-refractivity contribution in [1.29, 1.82) is 0 Å². The molecule has 2 heterocycles. The number of thiazole rings is 1. The van der Waals surface area contributed by atoms with Gasteiger partial charge < -0.3 is 4.74 Å². The van der Waals surface area contributed by atoms with Crippen LogP contribution in [0.15, 0.2) is 18.3 Å². The number of pyridine rings is 1. The summed E-state index contributed by atoms with van der Waals surface area (Å²) in [6, 6.07) is 3.36. The molecule has 104 valence electrons. The fourth-order valence-corrected chi connectivity index (χ4v) is 2.77. The van der Waals surface area contributed by atoms with Crippen molar-refractivity contribution in [3.8, 4) is 10.7 Å². The molecule has 5 nitrogen and oxygen atoms in total. The molecular weight excluding hydrogens is 300 g/mol. The molecule has 0 radical (unpaired) electrons. The summed E-state index contributed by atoms with van der Waals surface area (Å²) >= 11 is 7.12. The van der Waals surface area contributed by atoms with Crippen LogP contribution in [0, 0.1) is 0 Å². The molecule has 0 aliphatic heterocycles. The Morgan fingerprint density at radius 1 is 1.45 bits per heavy atom. The van der Waals surface area contributed by atoms with Gasteiger partial charge in [0.15, 0.2) is 11.5 Å². The van der Waals surface area contributed by atoms with Crippen molar-refractivity contribution < 1.29 is 14.3 Å². The van der Waals surface area contributed by atoms with Crippen molar-refractivity contribution in [3.63, 3.8) is 0 Å². The van der Waals surface area contributed by atoms with Crippen LogP contribution in [0.25, 0.3) is 10.7 Å². The molecule has 0 aliphatic carbocycles. The topological polar surface area (TPSA) is 69.2 Å².